The molecule has 1 aliphatic carbocycles. The van der Waals surface area contributed by atoms with Gasteiger partial charge in [-0.25, -0.2) is 27.4 Å². The van der Waals surface area contributed by atoms with E-state index in [0.717, 1.165) is 37.5 Å². The molecule has 2 aromatic rings. The number of rotatable bonds is 16. The largest absolute Gasteiger partial charge is 0.444 e. The van der Waals surface area contributed by atoms with E-state index in [-0.39, 0.29) is 44.0 Å². The first-order chi connectivity index (χ1) is 28.1. The predicted molar refractivity (Wildman–Crippen MR) is 210 cm³/mol. The summed E-state index contributed by atoms with van der Waals surface area (Å²) >= 11 is 0. The van der Waals surface area contributed by atoms with E-state index >= 15 is 0 Å². The van der Waals surface area contributed by atoms with E-state index < -0.39 is 92.9 Å². The lowest BCUT2D eigenvalue weighted by molar-refractivity contribution is -0.139. The Morgan fingerprint density at radius 2 is 1.67 bits per heavy atom. The van der Waals surface area contributed by atoms with Crippen molar-refractivity contribution >= 4 is 46.6 Å². The summed E-state index contributed by atoms with van der Waals surface area (Å²) in [7, 11) is -4.21. The number of nitrogens with zero attached hydrogens (tertiary/aromatic N) is 3. The summed E-state index contributed by atoms with van der Waals surface area (Å²) in [6, 6.07) is 6.32. The second-order valence-electron chi connectivity index (χ2n) is 16.5. The summed E-state index contributed by atoms with van der Waals surface area (Å²) in [5.74, 6) is -3.70. The topological polar surface area (TPSA) is 181 Å². The normalized spacial score (nSPS) is 20.5. The Hall–Kier alpha value is -5.07. The van der Waals surface area contributed by atoms with Crippen LogP contribution in [0.3, 0.4) is 0 Å². The summed E-state index contributed by atoms with van der Waals surface area (Å²) in [4.78, 5) is 71.6. The van der Waals surface area contributed by atoms with E-state index in [1.165, 1.54) is 21.9 Å². The molecule has 2 N–H and O–H groups in total. The van der Waals surface area contributed by atoms with Gasteiger partial charge in [-0.1, -0.05) is 62.4 Å². The molecule has 60 heavy (non-hydrogen) atoms. The number of alkyl halides is 3. The molecule has 2 heterocycles. The Bertz CT molecular complexity index is 2060. The van der Waals surface area contributed by atoms with Gasteiger partial charge < -0.3 is 19.7 Å². The zero-order chi connectivity index (χ0) is 44.0. The van der Waals surface area contributed by atoms with Crippen LogP contribution < -0.4 is 10.0 Å². The van der Waals surface area contributed by atoms with E-state index in [1.807, 2.05) is 4.72 Å². The number of likely N-dealkylation sites (tertiary alicyclic amines) is 1. The Balaban J connectivity index is 1.08. The minimum Gasteiger partial charge on any atom is -0.444 e. The number of unbranched alkanes of at least 4 members (excludes halogenated alkanes) is 4. The van der Waals surface area contributed by atoms with Gasteiger partial charge in [0.2, 0.25) is 21.8 Å². The third-order valence-corrected chi connectivity index (χ3v) is 11.8. The Morgan fingerprint density at radius 1 is 0.967 bits per heavy atom. The van der Waals surface area contributed by atoms with Gasteiger partial charge in [-0.15, -0.1) is 0 Å². The fourth-order valence-electron chi connectivity index (χ4n) is 7.60. The monoisotopic (exact) mass is 865 g/mol. The fourth-order valence-corrected chi connectivity index (χ4v) is 8.74. The summed E-state index contributed by atoms with van der Waals surface area (Å²) in [6.45, 7) is 8.32. The fraction of sp³-hybridized carbons (Fsp3) is 0.561. The van der Waals surface area contributed by atoms with Crippen molar-refractivity contribution in [3.05, 3.63) is 70.5 Å². The highest BCUT2D eigenvalue weighted by Gasteiger charge is 2.45. The molecule has 0 aromatic heterocycles. The van der Waals surface area contributed by atoms with Gasteiger partial charge in [-0.3, -0.25) is 24.0 Å². The van der Waals surface area contributed by atoms with Crippen molar-refractivity contribution in [3.63, 3.8) is 0 Å². The smallest absolute Gasteiger partial charge is 0.416 e. The molecule has 2 fully saturated rings. The summed E-state index contributed by atoms with van der Waals surface area (Å²) in [6.07, 6.45) is -2.35. The maximum atomic E-state index is 14.3. The number of hydrogen-bond donors (Lipinski definition) is 2. The lowest BCUT2D eigenvalue weighted by Gasteiger charge is -2.28. The number of ether oxygens (including phenoxy) is 2. The first-order valence-corrected chi connectivity index (χ1v) is 21.5. The molecule has 0 spiro atoms. The highest BCUT2D eigenvalue weighted by atomic mass is 32.2. The highest BCUT2D eigenvalue weighted by Crippen LogP contribution is 2.43. The van der Waals surface area contributed by atoms with Crippen LogP contribution in [0.15, 0.2) is 47.5 Å². The van der Waals surface area contributed by atoms with E-state index in [2.05, 4.69) is 17.0 Å². The molecular formula is C41H51F4N5O9S. The molecule has 3 aliphatic rings. The number of hydrogen-bond acceptors (Lipinski definition) is 9. The SMILES string of the molecule is C=NC(=O)[C@@H]1C[C@@H](OC(=O)N2Cc3cccc(F)c3C2)CN1C(=O)[C@H](CCCCCCC[C@@H]1C[C@@H]1C(=O)NS(=O)(=O)Cc1cccc(C(F)(F)F)c1)NC(=O)OC(C)(C)C. The molecule has 5 rings (SSSR count). The van der Waals surface area contributed by atoms with Crippen LogP contribution in [0.25, 0.3) is 0 Å². The van der Waals surface area contributed by atoms with E-state index in [4.69, 9.17) is 9.47 Å². The van der Waals surface area contributed by atoms with Crippen molar-refractivity contribution in [2.24, 2.45) is 16.8 Å². The van der Waals surface area contributed by atoms with Crippen LogP contribution in [0.5, 0.6) is 0 Å². The van der Waals surface area contributed by atoms with Crippen LogP contribution in [0.4, 0.5) is 27.2 Å². The molecule has 0 radical (unpaired) electrons. The van der Waals surface area contributed by atoms with Crippen LogP contribution in [0.2, 0.25) is 0 Å². The van der Waals surface area contributed by atoms with Crippen molar-refractivity contribution in [3.8, 4) is 0 Å². The standard InChI is InChI=1S/C41H51F4N5O9S/c1-40(2,3)59-38(54)47-33(37(53)50-22-29(20-34(50)36(52)46-4)58-39(55)49-21-27-14-11-16-32(42)31(27)23-49)17-9-7-5-6-8-13-26-19-30(26)35(51)48-60(56,57)24-25-12-10-15-28(18-25)41(43,44)45/h10-12,14-16,18,26,29-30,33-34H,4-9,13,17,19-24H2,1-3H3,(H,47,54)(H,48,51)/t26-,29-,30+,33+,34+/m1/s1. The van der Waals surface area contributed by atoms with Gasteiger partial charge in [0.25, 0.3) is 5.91 Å². The van der Waals surface area contributed by atoms with E-state index in [0.29, 0.717) is 36.8 Å². The summed E-state index contributed by atoms with van der Waals surface area (Å²) in [5, 5.41) is 2.63. The number of halogens is 4. The van der Waals surface area contributed by atoms with Crippen molar-refractivity contribution in [1.29, 1.82) is 0 Å². The van der Waals surface area contributed by atoms with Crippen LogP contribution in [0.1, 0.15) is 101 Å². The second-order valence-corrected chi connectivity index (χ2v) is 18.3. The van der Waals surface area contributed by atoms with Crippen molar-refractivity contribution in [2.45, 2.75) is 127 Å². The van der Waals surface area contributed by atoms with E-state index in [9.17, 15) is 50.0 Å². The Labute approximate surface area is 346 Å². The number of aliphatic imine (C=N–C) groups is 1. The van der Waals surface area contributed by atoms with Crippen LogP contribution in [-0.4, -0.2) is 85.2 Å². The predicted octanol–water partition coefficient (Wildman–Crippen LogP) is 6.40. The Morgan fingerprint density at radius 3 is 2.35 bits per heavy atom. The number of alkyl carbamates (subject to hydrolysis) is 1. The van der Waals surface area contributed by atoms with Gasteiger partial charge in [0.05, 0.1) is 24.4 Å². The third kappa shape index (κ3) is 12.7. The van der Waals surface area contributed by atoms with Crippen LogP contribution in [-0.2, 0) is 58.9 Å². The minimum absolute atomic E-state index is 0.0108. The molecule has 5 amide bonds. The summed E-state index contributed by atoms with van der Waals surface area (Å²) < 4.78 is 91.6. The maximum Gasteiger partial charge on any atom is 0.416 e. The number of carbonyl (C=O) groups is 5. The van der Waals surface area contributed by atoms with Crippen molar-refractivity contribution < 1.29 is 59.4 Å². The zero-order valence-electron chi connectivity index (χ0n) is 33.8. The number of benzene rings is 2. The number of amides is 5. The average Bonchev–Trinajstić information content (AvgIpc) is 3.59. The van der Waals surface area contributed by atoms with Crippen LogP contribution >= 0.6 is 0 Å². The first-order valence-electron chi connectivity index (χ1n) is 19.9. The molecule has 1 saturated heterocycles. The molecule has 2 aliphatic heterocycles. The number of nitrogens with one attached hydrogen (secondary N) is 2. The zero-order valence-corrected chi connectivity index (χ0v) is 34.6. The summed E-state index contributed by atoms with van der Waals surface area (Å²) in [5.41, 5.74) is -0.892. The molecule has 19 heteroatoms. The van der Waals surface area contributed by atoms with Gasteiger partial charge in [-0.2, -0.15) is 13.2 Å². The van der Waals surface area contributed by atoms with Crippen molar-refractivity contribution in [1.82, 2.24) is 19.8 Å². The first kappa shape index (κ1) is 46.0. The quantitative estimate of drug-likeness (QED) is 0.110. The average molecular weight is 866 g/mol. The maximum absolute atomic E-state index is 14.3. The van der Waals surface area contributed by atoms with Gasteiger partial charge in [-0.05, 0) is 75.9 Å². The molecular weight excluding hydrogens is 815 g/mol. The Kier molecular flexibility index (Phi) is 14.6. The number of sulfonamides is 1. The molecule has 14 nitrogen and oxygen atoms in total. The second kappa shape index (κ2) is 19.1. The number of carbonyl (C=O) groups excluding carboxylic acids is 5. The van der Waals surface area contributed by atoms with Gasteiger partial charge in [0.15, 0.2) is 0 Å². The highest BCUT2D eigenvalue weighted by molar-refractivity contribution is 7.89. The van der Waals surface area contributed by atoms with Crippen molar-refractivity contribution in [2.75, 3.05) is 6.54 Å². The minimum atomic E-state index is -4.63. The number of fused-ring (bicyclic) bond motifs is 1. The van der Waals surface area contributed by atoms with Gasteiger partial charge >= 0.3 is 18.4 Å². The van der Waals surface area contributed by atoms with Gasteiger partial charge in [0.1, 0.15) is 29.6 Å². The van der Waals surface area contributed by atoms with E-state index in [1.54, 1.807) is 32.9 Å². The molecule has 5 atom stereocenters. The third-order valence-electron chi connectivity index (χ3n) is 10.6. The molecule has 0 bridgehead atoms. The molecule has 0 unspecified atom stereocenters. The van der Waals surface area contributed by atoms with Gasteiger partial charge in [0, 0.05) is 24.4 Å². The van der Waals surface area contributed by atoms with Crippen LogP contribution in [0, 0.1) is 17.7 Å². The lowest BCUT2D eigenvalue weighted by atomic mass is 10.0. The molecule has 1 saturated carbocycles. The lowest BCUT2D eigenvalue weighted by Crippen LogP contribution is -2.52. The molecule has 2 aromatic carbocycles. The molecule has 328 valence electrons.